The van der Waals surface area contributed by atoms with Gasteiger partial charge in [0.05, 0.1) is 12.5 Å². The molecule has 1 N–H and O–H groups in total. The van der Waals surface area contributed by atoms with Crippen molar-refractivity contribution in [1.29, 1.82) is 0 Å². The monoisotopic (exact) mass is 234 g/mol. The van der Waals surface area contributed by atoms with Crippen LogP contribution in [0.15, 0.2) is 18.9 Å². The number of aromatic nitrogens is 4. The minimum Gasteiger partial charge on any atom is -0.396 e. The number of fused-ring (bicyclic) bond motifs is 1. The van der Waals surface area contributed by atoms with E-state index in [0.29, 0.717) is 0 Å². The highest BCUT2D eigenvalue weighted by molar-refractivity contribution is 5.68. The smallest absolute Gasteiger partial charge is 0.163 e. The first-order valence-electron chi connectivity index (χ1n) is 6.10. The molecule has 2 aromatic rings. The third-order valence-corrected chi connectivity index (χ3v) is 2.99. The lowest BCUT2D eigenvalue weighted by Crippen LogP contribution is -2.10. The van der Waals surface area contributed by atoms with Crippen molar-refractivity contribution >= 4 is 11.2 Å². The standard InChI is InChI=1S/C12H18N4O/c1-2-3-4-10(5-6-17)16-9-15-11-7-13-8-14-12(11)16/h7-10,17H,2-6H2,1H3. The summed E-state index contributed by atoms with van der Waals surface area (Å²) in [6.07, 6.45) is 9.15. The highest BCUT2D eigenvalue weighted by atomic mass is 16.3. The fourth-order valence-corrected chi connectivity index (χ4v) is 2.06. The van der Waals surface area contributed by atoms with Gasteiger partial charge in [-0.05, 0) is 12.8 Å². The third kappa shape index (κ3) is 2.61. The molecule has 0 aliphatic heterocycles. The second-order valence-electron chi connectivity index (χ2n) is 4.19. The Morgan fingerprint density at radius 1 is 1.35 bits per heavy atom. The second kappa shape index (κ2) is 5.72. The molecule has 0 saturated heterocycles. The number of aliphatic hydroxyl groups is 1. The maximum atomic E-state index is 9.14. The minimum atomic E-state index is 0.194. The van der Waals surface area contributed by atoms with Crippen LogP contribution in [0, 0.1) is 0 Å². The maximum Gasteiger partial charge on any atom is 0.163 e. The lowest BCUT2D eigenvalue weighted by molar-refractivity contribution is 0.252. The topological polar surface area (TPSA) is 63.8 Å². The summed E-state index contributed by atoms with van der Waals surface area (Å²) in [6, 6.07) is 0.278. The van der Waals surface area contributed by atoms with E-state index in [2.05, 4.69) is 26.4 Å². The molecule has 0 fully saturated rings. The van der Waals surface area contributed by atoms with E-state index in [-0.39, 0.29) is 12.6 Å². The number of hydrogen-bond acceptors (Lipinski definition) is 4. The second-order valence-corrected chi connectivity index (χ2v) is 4.19. The van der Waals surface area contributed by atoms with Crippen LogP contribution in [0.25, 0.3) is 11.2 Å². The number of hydrogen-bond donors (Lipinski definition) is 1. The zero-order chi connectivity index (χ0) is 12.1. The van der Waals surface area contributed by atoms with E-state index < -0.39 is 0 Å². The molecule has 0 saturated carbocycles. The molecule has 0 spiro atoms. The lowest BCUT2D eigenvalue weighted by atomic mass is 10.1. The van der Waals surface area contributed by atoms with Gasteiger partial charge < -0.3 is 9.67 Å². The molecule has 92 valence electrons. The van der Waals surface area contributed by atoms with Gasteiger partial charge >= 0.3 is 0 Å². The first-order valence-corrected chi connectivity index (χ1v) is 6.10. The molecule has 0 amide bonds. The van der Waals surface area contributed by atoms with E-state index in [0.717, 1.165) is 36.8 Å². The summed E-state index contributed by atoms with van der Waals surface area (Å²) >= 11 is 0. The predicted octanol–water partition coefficient (Wildman–Crippen LogP) is 1.94. The quantitative estimate of drug-likeness (QED) is 0.829. The van der Waals surface area contributed by atoms with Crippen LogP contribution in [0.5, 0.6) is 0 Å². The molecule has 2 aromatic heterocycles. The largest absolute Gasteiger partial charge is 0.396 e. The van der Waals surface area contributed by atoms with E-state index in [1.54, 1.807) is 12.5 Å². The van der Waals surface area contributed by atoms with Crippen LogP contribution in [0.3, 0.4) is 0 Å². The average molecular weight is 234 g/mol. The lowest BCUT2D eigenvalue weighted by Gasteiger charge is -2.17. The number of rotatable bonds is 6. The Hall–Kier alpha value is -1.49. The van der Waals surface area contributed by atoms with Crippen molar-refractivity contribution in [3.63, 3.8) is 0 Å². The van der Waals surface area contributed by atoms with E-state index in [4.69, 9.17) is 5.11 Å². The molecule has 0 radical (unpaired) electrons. The van der Waals surface area contributed by atoms with Crippen LogP contribution >= 0.6 is 0 Å². The Morgan fingerprint density at radius 3 is 3.00 bits per heavy atom. The Kier molecular flexibility index (Phi) is 4.03. The highest BCUT2D eigenvalue weighted by Gasteiger charge is 2.13. The van der Waals surface area contributed by atoms with E-state index >= 15 is 0 Å². The van der Waals surface area contributed by atoms with Gasteiger partial charge in [-0.2, -0.15) is 0 Å². The minimum absolute atomic E-state index is 0.194. The van der Waals surface area contributed by atoms with Crippen LogP contribution in [0.2, 0.25) is 0 Å². The van der Waals surface area contributed by atoms with E-state index in [1.165, 1.54) is 6.33 Å². The number of unbranched alkanes of at least 4 members (excludes halogenated alkanes) is 1. The van der Waals surface area contributed by atoms with Crippen molar-refractivity contribution in [2.75, 3.05) is 6.61 Å². The van der Waals surface area contributed by atoms with Gasteiger partial charge in [0.2, 0.25) is 0 Å². The summed E-state index contributed by atoms with van der Waals surface area (Å²) in [7, 11) is 0. The van der Waals surface area contributed by atoms with Crippen LogP contribution < -0.4 is 0 Å². The first kappa shape index (κ1) is 12.0. The number of nitrogens with zero attached hydrogens (tertiary/aromatic N) is 4. The molecule has 0 bridgehead atoms. The number of imidazole rings is 1. The zero-order valence-corrected chi connectivity index (χ0v) is 10.1. The Balaban J connectivity index is 2.27. The van der Waals surface area contributed by atoms with Crippen molar-refractivity contribution in [2.45, 2.75) is 38.6 Å². The normalized spacial score (nSPS) is 13.1. The Bertz CT molecular complexity index is 468. The van der Waals surface area contributed by atoms with Crippen molar-refractivity contribution in [3.05, 3.63) is 18.9 Å². The molecule has 1 atom stereocenters. The highest BCUT2D eigenvalue weighted by Crippen LogP contribution is 2.22. The summed E-state index contributed by atoms with van der Waals surface area (Å²) in [5.41, 5.74) is 1.67. The summed E-state index contributed by atoms with van der Waals surface area (Å²) in [6.45, 7) is 2.36. The van der Waals surface area contributed by atoms with Gasteiger partial charge in [0.15, 0.2) is 5.65 Å². The van der Waals surface area contributed by atoms with Gasteiger partial charge in [-0.15, -0.1) is 0 Å². The maximum absolute atomic E-state index is 9.14. The van der Waals surface area contributed by atoms with Gasteiger partial charge in [0, 0.05) is 12.6 Å². The molecule has 0 aliphatic carbocycles. The average Bonchev–Trinajstić information content (AvgIpc) is 2.78. The molecule has 1 unspecified atom stereocenters. The molecule has 2 rings (SSSR count). The molecule has 5 nitrogen and oxygen atoms in total. The van der Waals surface area contributed by atoms with Crippen molar-refractivity contribution in [3.8, 4) is 0 Å². The van der Waals surface area contributed by atoms with E-state index in [9.17, 15) is 0 Å². The van der Waals surface area contributed by atoms with Gasteiger partial charge in [-0.3, -0.25) is 0 Å². The van der Waals surface area contributed by atoms with Crippen LogP contribution in [0.1, 0.15) is 38.6 Å². The zero-order valence-electron chi connectivity index (χ0n) is 10.1. The molecule has 0 aromatic carbocycles. The van der Waals surface area contributed by atoms with Gasteiger partial charge in [-0.25, -0.2) is 15.0 Å². The Morgan fingerprint density at radius 2 is 2.24 bits per heavy atom. The van der Waals surface area contributed by atoms with Crippen molar-refractivity contribution < 1.29 is 5.11 Å². The summed E-state index contributed by atoms with van der Waals surface area (Å²) in [5.74, 6) is 0. The predicted molar refractivity (Wildman–Crippen MR) is 65.6 cm³/mol. The van der Waals surface area contributed by atoms with Gasteiger partial charge in [0.1, 0.15) is 11.8 Å². The molecular weight excluding hydrogens is 216 g/mol. The summed E-state index contributed by atoms with van der Waals surface area (Å²) in [4.78, 5) is 12.5. The fraction of sp³-hybridized carbons (Fsp3) is 0.583. The number of aliphatic hydroxyl groups excluding tert-OH is 1. The van der Waals surface area contributed by atoms with Crippen LogP contribution in [0.4, 0.5) is 0 Å². The van der Waals surface area contributed by atoms with Crippen LogP contribution in [-0.4, -0.2) is 31.2 Å². The first-order chi connectivity index (χ1) is 8.36. The molecule has 17 heavy (non-hydrogen) atoms. The van der Waals surface area contributed by atoms with Gasteiger partial charge in [-0.1, -0.05) is 19.8 Å². The molecular formula is C12H18N4O. The van der Waals surface area contributed by atoms with Gasteiger partial charge in [0.25, 0.3) is 0 Å². The Labute approximate surface area is 101 Å². The van der Waals surface area contributed by atoms with Crippen LogP contribution in [-0.2, 0) is 0 Å². The summed E-state index contributed by atoms with van der Waals surface area (Å²) < 4.78 is 2.06. The summed E-state index contributed by atoms with van der Waals surface area (Å²) in [5, 5.41) is 9.14. The van der Waals surface area contributed by atoms with E-state index in [1.807, 2.05) is 0 Å². The third-order valence-electron chi connectivity index (χ3n) is 2.99. The fourth-order valence-electron chi connectivity index (χ4n) is 2.06. The SMILES string of the molecule is CCCCC(CCO)n1cnc2cncnc21. The van der Waals surface area contributed by atoms with Crippen molar-refractivity contribution in [1.82, 2.24) is 19.5 Å². The molecule has 5 heteroatoms. The van der Waals surface area contributed by atoms with Crippen molar-refractivity contribution in [2.24, 2.45) is 0 Å². The molecule has 2 heterocycles. The molecule has 0 aliphatic rings.